The first-order valence-corrected chi connectivity index (χ1v) is 24.7. The largest absolute Gasteiger partial charge is 0.453 e. The molecule has 0 radical (unpaired) electrons. The first-order valence-electron chi connectivity index (χ1n) is 24.7. The Balaban J connectivity index is 1.15. The second kappa shape index (κ2) is 23.9. The summed E-state index contributed by atoms with van der Waals surface area (Å²) in [5.41, 5.74) is -0.458. The third kappa shape index (κ3) is 13.7. The Hall–Kier alpha value is -7.00. The van der Waals surface area contributed by atoms with E-state index in [1.807, 2.05) is 17.4 Å². The zero-order chi connectivity index (χ0) is 55.1. The van der Waals surface area contributed by atoms with Gasteiger partial charge in [0.1, 0.15) is 23.5 Å². The highest BCUT2D eigenvalue weighted by Crippen LogP contribution is 2.41. The fourth-order valence-electron chi connectivity index (χ4n) is 9.38. The number of amides is 4. The van der Waals surface area contributed by atoms with Gasteiger partial charge in [-0.2, -0.15) is 13.2 Å². The van der Waals surface area contributed by atoms with E-state index in [0.29, 0.717) is 48.7 Å². The van der Waals surface area contributed by atoms with Crippen LogP contribution >= 0.6 is 0 Å². The standard InChI is InChI=1S/C53H63F5N10O8/c1-51(2,3)45(76-49(72)59-6)48(71)65-67(27-38-39(54)22-34(23-40(38)55)46-60-19-8-20-61-46)28-42(69)41(63-47(70)44(64-50(73)74-7)52(4,5)53(56,57)58)21-32-12-9-31(10-13-32)11-14-33-15-18-43(62-24-33)66-25-35-16-17-36(26-66)68(35)37-29-75-30-37/h8-10,12-13,15,18-20,22-24,35-37,41-42,44-45,69H,16-17,21,25-30H2,1-7H3,(H,59,72)(H,63,70)(H,64,73)(H,65,71)/t35-,36-,41-,42-,44+,45+/m0/s1. The van der Waals surface area contributed by atoms with E-state index in [-0.39, 0.29) is 17.8 Å². The molecule has 18 nitrogen and oxygen atoms in total. The molecule has 0 aliphatic carbocycles. The zero-order valence-corrected chi connectivity index (χ0v) is 43.2. The van der Waals surface area contributed by atoms with Gasteiger partial charge in [-0.1, -0.05) is 44.7 Å². The van der Waals surface area contributed by atoms with Crippen molar-refractivity contribution in [3.8, 4) is 23.2 Å². The maximum absolute atomic E-state index is 16.0. The van der Waals surface area contributed by atoms with Crippen LogP contribution in [-0.2, 0) is 36.8 Å². The van der Waals surface area contributed by atoms with E-state index in [1.165, 1.54) is 25.5 Å². The van der Waals surface area contributed by atoms with Crippen molar-refractivity contribution in [3.63, 3.8) is 0 Å². The molecule has 5 N–H and O–H groups in total. The number of nitrogens with zero attached hydrogens (tertiary/aromatic N) is 6. The van der Waals surface area contributed by atoms with E-state index >= 15 is 8.78 Å². The number of aliphatic hydroxyl groups is 1. The van der Waals surface area contributed by atoms with Crippen molar-refractivity contribution in [2.45, 2.75) is 109 Å². The van der Waals surface area contributed by atoms with E-state index < -0.39 is 95.6 Å². The summed E-state index contributed by atoms with van der Waals surface area (Å²) in [5.74, 6) is 2.51. The molecule has 76 heavy (non-hydrogen) atoms. The van der Waals surface area contributed by atoms with Crippen LogP contribution in [0.3, 0.4) is 0 Å². The van der Waals surface area contributed by atoms with Crippen molar-refractivity contribution in [2.75, 3.05) is 51.9 Å². The molecule has 23 heteroatoms. The number of aromatic nitrogens is 3. The number of carbonyl (C=O) groups is 4. The fraction of sp³-hybridized carbons (Fsp3) is 0.491. The molecule has 408 valence electrons. The van der Waals surface area contributed by atoms with Crippen molar-refractivity contribution in [1.82, 2.24) is 46.2 Å². The van der Waals surface area contributed by atoms with Gasteiger partial charge in [0, 0.05) is 91.6 Å². The molecule has 3 aliphatic rings. The number of alkyl carbamates (subject to hydrolysis) is 2. The fourth-order valence-corrected chi connectivity index (χ4v) is 9.38. The minimum atomic E-state index is -5.06. The molecular formula is C53H63F5N10O8. The van der Waals surface area contributed by atoms with Crippen molar-refractivity contribution in [1.29, 1.82) is 0 Å². The number of nitrogens with one attached hydrogen (secondary N) is 4. The number of pyridine rings is 1. The second-order valence-electron chi connectivity index (χ2n) is 20.7. The summed E-state index contributed by atoms with van der Waals surface area (Å²) in [4.78, 5) is 70.7. The van der Waals surface area contributed by atoms with Gasteiger partial charge in [-0.15, -0.1) is 0 Å². The van der Waals surface area contributed by atoms with Crippen LogP contribution < -0.4 is 26.3 Å². The van der Waals surface area contributed by atoms with Crippen LogP contribution in [0.5, 0.6) is 0 Å². The van der Waals surface area contributed by atoms with Gasteiger partial charge in [-0.25, -0.2) is 38.3 Å². The zero-order valence-electron chi connectivity index (χ0n) is 43.2. The van der Waals surface area contributed by atoms with Gasteiger partial charge in [-0.05, 0) is 81.1 Å². The lowest BCUT2D eigenvalue weighted by atomic mass is 9.82. The first kappa shape index (κ1) is 56.7. The average molecular weight is 1060 g/mol. The number of ether oxygens (including phenoxy) is 3. The number of hydrazine groups is 1. The number of carbonyl (C=O) groups excluding carboxylic acids is 4. The maximum atomic E-state index is 16.0. The predicted molar refractivity (Wildman–Crippen MR) is 268 cm³/mol. The molecule has 2 aromatic heterocycles. The third-order valence-corrected chi connectivity index (χ3v) is 13.8. The molecule has 6 atom stereocenters. The van der Waals surface area contributed by atoms with Gasteiger partial charge in [0.25, 0.3) is 5.91 Å². The first-order chi connectivity index (χ1) is 35.9. The number of rotatable bonds is 17. The highest BCUT2D eigenvalue weighted by atomic mass is 19.4. The summed E-state index contributed by atoms with van der Waals surface area (Å²) in [6.07, 6.45) is -4.31. The molecule has 4 amide bonds. The van der Waals surface area contributed by atoms with Crippen LogP contribution in [0.15, 0.2) is 73.2 Å². The SMILES string of the molecule is CNC(=O)O[C@H](C(=O)NN(Cc1c(F)cc(-c2ncccn2)cc1F)C[C@H](O)[C@H](Cc1ccc(C#Cc2ccc(N3C[C@@H]4CC[C@@H](C3)N4C3COC3)nc2)cc1)NC(=O)[C@@H](NC(=O)OC)C(C)(C)C(F)(F)F)C(C)(C)C. The smallest absolute Gasteiger partial charge is 0.407 e. The average Bonchev–Trinajstić information content (AvgIpc) is 3.61. The van der Waals surface area contributed by atoms with Crippen LogP contribution in [0.1, 0.15) is 69.7 Å². The number of aliphatic hydroxyl groups excluding tert-OH is 1. The predicted octanol–water partition coefficient (Wildman–Crippen LogP) is 5.27. The van der Waals surface area contributed by atoms with Gasteiger partial charge >= 0.3 is 18.4 Å². The van der Waals surface area contributed by atoms with E-state index in [4.69, 9.17) is 14.5 Å². The second-order valence-corrected chi connectivity index (χ2v) is 20.7. The Bertz CT molecular complexity index is 2720. The quantitative estimate of drug-likeness (QED) is 0.0518. The summed E-state index contributed by atoms with van der Waals surface area (Å²) in [6, 6.07) is 11.4. The normalized spacial score (nSPS) is 18.5. The Morgan fingerprint density at radius 1 is 0.855 bits per heavy atom. The number of fused-ring (bicyclic) bond motifs is 2. The maximum Gasteiger partial charge on any atom is 0.407 e. The lowest BCUT2D eigenvalue weighted by Gasteiger charge is -2.47. The summed E-state index contributed by atoms with van der Waals surface area (Å²) in [5, 5.41) is 19.7. The van der Waals surface area contributed by atoms with E-state index in [1.54, 1.807) is 51.2 Å². The molecule has 2 aromatic carbocycles. The van der Waals surface area contributed by atoms with Crippen LogP contribution in [0, 0.1) is 34.3 Å². The van der Waals surface area contributed by atoms with Gasteiger partial charge in [0.15, 0.2) is 11.9 Å². The van der Waals surface area contributed by atoms with Crippen molar-refractivity contribution in [2.24, 2.45) is 10.8 Å². The Morgan fingerprint density at radius 2 is 1.47 bits per heavy atom. The molecule has 3 fully saturated rings. The summed E-state index contributed by atoms with van der Waals surface area (Å²) >= 11 is 0. The number of benzene rings is 2. The molecule has 0 unspecified atom stereocenters. The lowest BCUT2D eigenvalue weighted by Crippen LogP contribution is -2.62. The molecule has 3 aliphatic heterocycles. The summed E-state index contributed by atoms with van der Waals surface area (Å²) < 4.78 is 91.1. The van der Waals surface area contributed by atoms with Gasteiger partial charge in [0.2, 0.25) is 5.91 Å². The Morgan fingerprint density at radius 3 is 2.01 bits per heavy atom. The highest BCUT2D eigenvalue weighted by Gasteiger charge is 2.56. The highest BCUT2D eigenvalue weighted by molar-refractivity contribution is 5.87. The minimum Gasteiger partial charge on any atom is -0.453 e. The topological polar surface area (TPSA) is 213 Å². The van der Waals surface area contributed by atoms with Crippen LogP contribution in [-0.4, -0.2) is 150 Å². The van der Waals surface area contributed by atoms with Crippen LogP contribution in [0.2, 0.25) is 0 Å². The number of alkyl halides is 3. The monoisotopic (exact) mass is 1060 g/mol. The number of methoxy groups -OCH3 is 1. The molecule has 4 aromatic rings. The van der Waals surface area contributed by atoms with Gasteiger partial charge in [-0.3, -0.25) is 19.9 Å². The minimum absolute atomic E-state index is 0.00755. The molecule has 5 heterocycles. The molecule has 0 spiro atoms. The number of piperazine rings is 1. The van der Waals surface area contributed by atoms with E-state index in [2.05, 4.69) is 52.4 Å². The van der Waals surface area contributed by atoms with Gasteiger partial charge < -0.3 is 40.2 Å². The number of anilines is 1. The van der Waals surface area contributed by atoms with Crippen molar-refractivity contribution < 1.29 is 60.4 Å². The number of halogens is 5. The molecule has 2 bridgehead atoms. The molecule has 3 saturated heterocycles. The van der Waals surface area contributed by atoms with E-state index in [0.717, 1.165) is 69.2 Å². The third-order valence-electron chi connectivity index (χ3n) is 13.8. The lowest BCUT2D eigenvalue weighted by molar-refractivity contribution is -0.220. The number of hydrogen-bond donors (Lipinski definition) is 5. The molecule has 0 saturated carbocycles. The molecular weight excluding hydrogens is 1000 g/mol. The number of hydrogen-bond acceptors (Lipinski definition) is 14. The summed E-state index contributed by atoms with van der Waals surface area (Å²) in [6.45, 7) is 7.94. The van der Waals surface area contributed by atoms with Crippen LogP contribution in [0.4, 0.5) is 37.4 Å². The Kier molecular flexibility index (Phi) is 17.8. The van der Waals surface area contributed by atoms with Crippen LogP contribution in [0.25, 0.3) is 11.4 Å². The Labute approximate surface area is 437 Å². The van der Waals surface area contributed by atoms with Crippen molar-refractivity contribution in [3.05, 3.63) is 107 Å². The van der Waals surface area contributed by atoms with E-state index in [9.17, 15) is 37.5 Å². The van der Waals surface area contributed by atoms with Gasteiger partial charge in [0.05, 0.1) is 43.9 Å². The van der Waals surface area contributed by atoms with Crippen molar-refractivity contribution >= 4 is 29.8 Å². The molecule has 7 rings (SSSR count). The summed E-state index contributed by atoms with van der Waals surface area (Å²) in [7, 11) is 2.17.